The highest BCUT2D eigenvalue weighted by molar-refractivity contribution is 14.1. The quantitative estimate of drug-likeness (QED) is 0.795. The zero-order chi connectivity index (χ0) is 10.7. The minimum absolute atomic E-state index is 0.438. The fourth-order valence-corrected chi connectivity index (χ4v) is 2.63. The molecule has 0 amide bonds. The van der Waals surface area contributed by atoms with E-state index in [1.54, 1.807) is 7.11 Å². The molecule has 1 aromatic carbocycles. The molecule has 82 valence electrons. The van der Waals surface area contributed by atoms with Crippen LogP contribution in [0.5, 0.6) is 0 Å². The minimum Gasteiger partial charge on any atom is -0.380 e. The second-order valence-corrected chi connectivity index (χ2v) is 5.26. The molecule has 0 N–H and O–H groups in total. The van der Waals surface area contributed by atoms with Crippen LogP contribution < -0.4 is 0 Å². The summed E-state index contributed by atoms with van der Waals surface area (Å²) in [7, 11) is 1.81. The molecule has 3 heteroatoms. The Morgan fingerprint density at radius 1 is 1.53 bits per heavy atom. The number of likely N-dealkylation sites (tertiary alicyclic amines) is 1. The molecular weight excluding hydrogens is 301 g/mol. The highest BCUT2D eigenvalue weighted by atomic mass is 127. The zero-order valence-corrected chi connectivity index (χ0v) is 11.1. The molecule has 1 aliphatic heterocycles. The lowest BCUT2D eigenvalue weighted by molar-refractivity contribution is 0.107. The monoisotopic (exact) mass is 317 g/mol. The predicted molar refractivity (Wildman–Crippen MR) is 69.9 cm³/mol. The van der Waals surface area contributed by atoms with E-state index in [1.807, 2.05) is 0 Å². The molecule has 0 radical (unpaired) electrons. The Hall–Kier alpha value is -0.130. The van der Waals surface area contributed by atoms with Gasteiger partial charge < -0.3 is 4.74 Å². The highest BCUT2D eigenvalue weighted by Gasteiger charge is 2.21. The van der Waals surface area contributed by atoms with E-state index in [1.165, 1.54) is 15.6 Å². The van der Waals surface area contributed by atoms with Crippen molar-refractivity contribution < 1.29 is 4.74 Å². The normalized spacial score (nSPS) is 22.1. The van der Waals surface area contributed by atoms with Gasteiger partial charge in [-0.25, -0.2) is 0 Å². The summed E-state index contributed by atoms with van der Waals surface area (Å²) >= 11 is 2.36. The van der Waals surface area contributed by atoms with Crippen LogP contribution in [0.2, 0.25) is 0 Å². The molecule has 1 aliphatic rings. The maximum Gasteiger partial charge on any atom is 0.0710 e. The maximum atomic E-state index is 5.36. The Kier molecular flexibility index (Phi) is 3.99. The molecule has 1 saturated heterocycles. The summed E-state index contributed by atoms with van der Waals surface area (Å²) in [5.41, 5.74) is 1.40. The average molecular weight is 317 g/mol. The molecule has 1 heterocycles. The summed E-state index contributed by atoms with van der Waals surface area (Å²) in [6.07, 6.45) is 1.60. The number of hydrogen-bond acceptors (Lipinski definition) is 2. The molecule has 0 spiro atoms. The van der Waals surface area contributed by atoms with E-state index in [9.17, 15) is 0 Å². The maximum absolute atomic E-state index is 5.36. The SMILES string of the molecule is CO[C@@H]1CCN(Cc2cccc(I)c2)C1. The smallest absolute Gasteiger partial charge is 0.0710 e. The van der Waals surface area contributed by atoms with Crippen LogP contribution in [0.15, 0.2) is 24.3 Å². The van der Waals surface area contributed by atoms with E-state index in [4.69, 9.17) is 4.74 Å². The van der Waals surface area contributed by atoms with Gasteiger partial charge in [0.05, 0.1) is 6.10 Å². The first-order valence-electron chi connectivity index (χ1n) is 5.27. The fourth-order valence-electron chi connectivity index (χ4n) is 2.03. The van der Waals surface area contributed by atoms with E-state index in [2.05, 4.69) is 51.8 Å². The van der Waals surface area contributed by atoms with Crippen LogP contribution in [0.1, 0.15) is 12.0 Å². The van der Waals surface area contributed by atoms with Gasteiger partial charge in [0.2, 0.25) is 0 Å². The van der Waals surface area contributed by atoms with E-state index < -0.39 is 0 Å². The Labute approximate surface area is 105 Å². The Morgan fingerprint density at radius 2 is 2.40 bits per heavy atom. The van der Waals surface area contributed by atoms with Crippen molar-refractivity contribution in [3.63, 3.8) is 0 Å². The lowest BCUT2D eigenvalue weighted by Crippen LogP contribution is -2.22. The number of ether oxygens (including phenoxy) is 1. The highest BCUT2D eigenvalue weighted by Crippen LogP contribution is 2.16. The zero-order valence-electron chi connectivity index (χ0n) is 8.95. The Morgan fingerprint density at radius 3 is 3.07 bits per heavy atom. The Balaban J connectivity index is 1.92. The molecule has 2 rings (SSSR count). The number of nitrogens with zero attached hydrogens (tertiary/aromatic N) is 1. The second kappa shape index (κ2) is 5.27. The minimum atomic E-state index is 0.438. The first-order chi connectivity index (χ1) is 7.28. The molecule has 0 unspecified atom stereocenters. The van der Waals surface area contributed by atoms with Crippen molar-refractivity contribution in [2.75, 3.05) is 20.2 Å². The number of halogens is 1. The third-order valence-electron chi connectivity index (χ3n) is 2.86. The van der Waals surface area contributed by atoms with Gasteiger partial charge in [0.25, 0.3) is 0 Å². The van der Waals surface area contributed by atoms with Gasteiger partial charge in [0, 0.05) is 30.3 Å². The van der Waals surface area contributed by atoms with Gasteiger partial charge >= 0.3 is 0 Å². The van der Waals surface area contributed by atoms with Crippen molar-refractivity contribution in [3.8, 4) is 0 Å². The summed E-state index contributed by atoms with van der Waals surface area (Å²) in [5.74, 6) is 0. The number of methoxy groups -OCH3 is 1. The van der Waals surface area contributed by atoms with Gasteiger partial charge in [-0.05, 0) is 46.7 Å². The average Bonchev–Trinajstić information content (AvgIpc) is 2.65. The summed E-state index contributed by atoms with van der Waals surface area (Å²) in [5, 5.41) is 0. The molecule has 2 nitrogen and oxygen atoms in total. The van der Waals surface area contributed by atoms with Gasteiger partial charge in [-0.3, -0.25) is 4.90 Å². The van der Waals surface area contributed by atoms with Gasteiger partial charge in [-0.2, -0.15) is 0 Å². The third kappa shape index (κ3) is 3.16. The summed E-state index contributed by atoms with van der Waals surface area (Å²) in [6, 6.07) is 8.70. The van der Waals surface area contributed by atoms with Crippen molar-refractivity contribution in [2.45, 2.75) is 19.1 Å². The van der Waals surface area contributed by atoms with Crippen LogP contribution in [0, 0.1) is 3.57 Å². The van der Waals surface area contributed by atoms with Crippen molar-refractivity contribution in [3.05, 3.63) is 33.4 Å². The molecular formula is C12H16INO. The lowest BCUT2D eigenvalue weighted by atomic mass is 10.2. The third-order valence-corrected chi connectivity index (χ3v) is 3.53. The molecule has 0 bridgehead atoms. The van der Waals surface area contributed by atoms with Crippen molar-refractivity contribution in [1.82, 2.24) is 4.90 Å². The Bertz CT molecular complexity index is 329. The summed E-state index contributed by atoms with van der Waals surface area (Å²) in [6.45, 7) is 3.28. The standard InChI is InChI=1S/C12H16INO/c1-15-12-5-6-14(9-12)8-10-3-2-4-11(13)7-10/h2-4,7,12H,5-6,8-9H2,1H3/t12-/m1/s1. The largest absolute Gasteiger partial charge is 0.380 e. The van der Waals surface area contributed by atoms with Crippen molar-refractivity contribution >= 4 is 22.6 Å². The van der Waals surface area contributed by atoms with E-state index >= 15 is 0 Å². The van der Waals surface area contributed by atoms with Crippen molar-refractivity contribution in [1.29, 1.82) is 0 Å². The molecule has 1 aromatic rings. The molecule has 0 saturated carbocycles. The summed E-state index contributed by atoms with van der Waals surface area (Å²) < 4.78 is 6.67. The molecule has 1 fully saturated rings. The molecule has 15 heavy (non-hydrogen) atoms. The van der Waals surface area contributed by atoms with Crippen LogP contribution in [0.3, 0.4) is 0 Å². The first kappa shape index (κ1) is 11.4. The lowest BCUT2D eigenvalue weighted by Gasteiger charge is -2.15. The van der Waals surface area contributed by atoms with Gasteiger partial charge in [0.1, 0.15) is 0 Å². The van der Waals surface area contributed by atoms with Crippen LogP contribution in [0.4, 0.5) is 0 Å². The number of hydrogen-bond donors (Lipinski definition) is 0. The van der Waals surface area contributed by atoms with Crippen molar-refractivity contribution in [2.24, 2.45) is 0 Å². The number of benzene rings is 1. The molecule has 0 aliphatic carbocycles. The predicted octanol–water partition coefficient (Wildman–Crippen LogP) is 2.51. The molecule has 0 aromatic heterocycles. The fraction of sp³-hybridized carbons (Fsp3) is 0.500. The first-order valence-corrected chi connectivity index (χ1v) is 6.35. The van der Waals surface area contributed by atoms with Gasteiger partial charge in [0.15, 0.2) is 0 Å². The summed E-state index contributed by atoms with van der Waals surface area (Å²) in [4.78, 5) is 2.46. The van der Waals surface area contributed by atoms with Crippen LogP contribution in [0.25, 0.3) is 0 Å². The number of rotatable bonds is 3. The van der Waals surface area contributed by atoms with Gasteiger partial charge in [-0.15, -0.1) is 0 Å². The van der Waals surface area contributed by atoms with Gasteiger partial charge in [-0.1, -0.05) is 12.1 Å². The van der Waals surface area contributed by atoms with Crippen LogP contribution in [-0.4, -0.2) is 31.2 Å². The second-order valence-electron chi connectivity index (χ2n) is 4.01. The van der Waals surface area contributed by atoms with Crippen LogP contribution >= 0.6 is 22.6 Å². The van der Waals surface area contributed by atoms with E-state index in [-0.39, 0.29) is 0 Å². The van der Waals surface area contributed by atoms with E-state index in [0.29, 0.717) is 6.10 Å². The topological polar surface area (TPSA) is 12.5 Å². The molecule has 1 atom stereocenters. The van der Waals surface area contributed by atoms with E-state index in [0.717, 1.165) is 19.6 Å². The van der Waals surface area contributed by atoms with Crippen LogP contribution in [-0.2, 0) is 11.3 Å².